The molecule has 1 saturated heterocycles. The molecule has 1 aliphatic rings. The SMILES string of the molecule is CC(C)C[C@H](NC(=O)[C@@]1(C)CCCN1)C(=O)NCC(N)=O. The summed E-state index contributed by atoms with van der Waals surface area (Å²) < 4.78 is 0. The second-order valence-electron chi connectivity index (χ2n) is 6.20. The van der Waals surface area contributed by atoms with E-state index in [0.29, 0.717) is 6.42 Å². The van der Waals surface area contributed by atoms with Gasteiger partial charge in [-0.3, -0.25) is 14.4 Å². The van der Waals surface area contributed by atoms with Crippen molar-refractivity contribution >= 4 is 17.7 Å². The quantitative estimate of drug-likeness (QED) is 0.496. The molecular formula is C14H26N4O3. The minimum Gasteiger partial charge on any atom is -0.368 e. The van der Waals surface area contributed by atoms with Crippen LogP contribution in [0, 0.1) is 5.92 Å². The molecule has 1 heterocycles. The number of primary amides is 1. The topological polar surface area (TPSA) is 113 Å². The van der Waals surface area contributed by atoms with Gasteiger partial charge >= 0.3 is 0 Å². The molecular weight excluding hydrogens is 272 g/mol. The number of nitrogens with two attached hydrogens (primary N) is 1. The number of amides is 3. The Morgan fingerprint density at radius 1 is 1.33 bits per heavy atom. The largest absolute Gasteiger partial charge is 0.368 e. The third-order valence-corrected chi connectivity index (χ3v) is 3.64. The van der Waals surface area contributed by atoms with E-state index in [1.54, 1.807) is 0 Å². The Morgan fingerprint density at radius 3 is 2.48 bits per heavy atom. The van der Waals surface area contributed by atoms with Crippen molar-refractivity contribution in [1.82, 2.24) is 16.0 Å². The fraction of sp³-hybridized carbons (Fsp3) is 0.786. The maximum Gasteiger partial charge on any atom is 0.243 e. The van der Waals surface area contributed by atoms with Crippen molar-refractivity contribution in [2.24, 2.45) is 11.7 Å². The Kier molecular flexibility index (Phi) is 6.14. The predicted molar refractivity (Wildman–Crippen MR) is 79.2 cm³/mol. The van der Waals surface area contributed by atoms with E-state index in [1.807, 2.05) is 20.8 Å². The van der Waals surface area contributed by atoms with E-state index in [4.69, 9.17) is 5.73 Å². The summed E-state index contributed by atoms with van der Waals surface area (Å²) in [5, 5.41) is 8.40. The van der Waals surface area contributed by atoms with Crippen LogP contribution in [0.1, 0.15) is 40.0 Å². The van der Waals surface area contributed by atoms with E-state index in [0.717, 1.165) is 19.4 Å². The third kappa shape index (κ3) is 5.34. The molecule has 3 amide bonds. The molecule has 0 bridgehead atoms. The molecule has 0 saturated carbocycles. The van der Waals surface area contributed by atoms with Crippen molar-refractivity contribution in [2.75, 3.05) is 13.1 Å². The number of nitrogens with one attached hydrogen (secondary N) is 3. The molecule has 1 rings (SSSR count). The number of hydrogen-bond acceptors (Lipinski definition) is 4. The zero-order chi connectivity index (χ0) is 16.0. The Balaban J connectivity index is 2.66. The first-order valence-corrected chi connectivity index (χ1v) is 7.36. The third-order valence-electron chi connectivity index (χ3n) is 3.64. The summed E-state index contributed by atoms with van der Waals surface area (Å²) in [5.74, 6) is -0.932. The van der Waals surface area contributed by atoms with E-state index in [1.165, 1.54) is 0 Å². The summed E-state index contributed by atoms with van der Waals surface area (Å²) in [4.78, 5) is 35.2. The first kappa shape index (κ1) is 17.4. The van der Waals surface area contributed by atoms with Gasteiger partial charge in [0.15, 0.2) is 0 Å². The fourth-order valence-corrected chi connectivity index (χ4v) is 2.41. The molecule has 7 heteroatoms. The van der Waals surface area contributed by atoms with Gasteiger partial charge < -0.3 is 21.7 Å². The molecule has 0 spiro atoms. The van der Waals surface area contributed by atoms with E-state index in [9.17, 15) is 14.4 Å². The fourth-order valence-electron chi connectivity index (χ4n) is 2.41. The molecule has 5 N–H and O–H groups in total. The zero-order valence-electron chi connectivity index (χ0n) is 13.0. The van der Waals surface area contributed by atoms with Crippen LogP contribution in [-0.4, -0.2) is 42.4 Å². The molecule has 1 fully saturated rings. The highest BCUT2D eigenvalue weighted by molar-refractivity contribution is 5.93. The average Bonchev–Trinajstić information content (AvgIpc) is 2.82. The van der Waals surface area contributed by atoms with Crippen LogP contribution in [-0.2, 0) is 14.4 Å². The Labute approximate surface area is 125 Å². The molecule has 0 aromatic heterocycles. The highest BCUT2D eigenvalue weighted by Crippen LogP contribution is 2.19. The van der Waals surface area contributed by atoms with Crippen molar-refractivity contribution in [1.29, 1.82) is 0 Å². The van der Waals surface area contributed by atoms with Gasteiger partial charge in [0.1, 0.15) is 6.04 Å². The Morgan fingerprint density at radius 2 is 2.00 bits per heavy atom. The van der Waals surface area contributed by atoms with Crippen molar-refractivity contribution in [3.05, 3.63) is 0 Å². The highest BCUT2D eigenvalue weighted by atomic mass is 16.2. The first-order valence-electron chi connectivity index (χ1n) is 7.36. The van der Waals surface area contributed by atoms with Crippen LogP contribution >= 0.6 is 0 Å². The van der Waals surface area contributed by atoms with Gasteiger partial charge in [0.05, 0.1) is 12.1 Å². The molecule has 0 unspecified atom stereocenters. The summed E-state index contributed by atoms with van der Waals surface area (Å²) in [6, 6.07) is -0.656. The lowest BCUT2D eigenvalue weighted by molar-refractivity contribution is -0.132. The first-order chi connectivity index (χ1) is 9.74. The molecule has 7 nitrogen and oxygen atoms in total. The maximum atomic E-state index is 12.4. The van der Waals surface area contributed by atoms with Crippen LogP contribution in [0.4, 0.5) is 0 Å². The van der Waals surface area contributed by atoms with Gasteiger partial charge in [-0.25, -0.2) is 0 Å². The molecule has 0 aliphatic carbocycles. The molecule has 0 radical (unpaired) electrons. The van der Waals surface area contributed by atoms with E-state index in [-0.39, 0.29) is 24.3 Å². The van der Waals surface area contributed by atoms with Crippen molar-refractivity contribution in [3.63, 3.8) is 0 Å². The van der Waals surface area contributed by atoms with Crippen LogP contribution in [0.25, 0.3) is 0 Å². The lowest BCUT2D eigenvalue weighted by Crippen LogP contribution is -2.57. The minimum absolute atomic E-state index is 0.181. The summed E-state index contributed by atoms with van der Waals surface area (Å²) in [6.07, 6.45) is 2.19. The smallest absolute Gasteiger partial charge is 0.243 e. The minimum atomic E-state index is -0.656. The van der Waals surface area contributed by atoms with Gasteiger partial charge in [0, 0.05) is 0 Å². The lowest BCUT2D eigenvalue weighted by Gasteiger charge is -2.27. The Hall–Kier alpha value is -1.63. The van der Waals surface area contributed by atoms with Crippen LogP contribution < -0.4 is 21.7 Å². The number of carbonyl (C=O) groups is 3. The number of carbonyl (C=O) groups excluding carboxylic acids is 3. The molecule has 0 aromatic rings. The van der Waals surface area contributed by atoms with Crippen LogP contribution in [0.3, 0.4) is 0 Å². The van der Waals surface area contributed by atoms with E-state index >= 15 is 0 Å². The molecule has 21 heavy (non-hydrogen) atoms. The van der Waals surface area contributed by atoms with Crippen LogP contribution in [0.5, 0.6) is 0 Å². The predicted octanol–water partition coefficient (Wildman–Crippen LogP) is -0.739. The van der Waals surface area contributed by atoms with Gasteiger partial charge in [0.25, 0.3) is 0 Å². The second-order valence-corrected chi connectivity index (χ2v) is 6.20. The van der Waals surface area contributed by atoms with Gasteiger partial charge in [-0.1, -0.05) is 13.8 Å². The lowest BCUT2D eigenvalue weighted by atomic mass is 9.97. The van der Waals surface area contributed by atoms with Gasteiger partial charge in [0.2, 0.25) is 17.7 Å². The molecule has 2 atom stereocenters. The van der Waals surface area contributed by atoms with Crippen LogP contribution in [0.2, 0.25) is 0 Å². The summed E-state index contributed by atoms with van der Waals surface area (Å²) in [6.45, 7) is 6.35. The number of hydrogen-bond donors (Lipinski definition) is 4. The van der Waals surface area contributed by atoms with Gasteiger partial charge in [-0.05, 0) is 38.6 Å². The molecule has 0 aromatic carbocycles. The second kappa shape index (κ2) is 7.40. The van der Waals surface area contributed by atoms with E-state index < -0.39 is 17.5 Å². The van der Waals surface area contributed by atoms with Crippen molar-refractivity contribution in [2.45, 2.75) is 51.6 Å². The van der Waals surface area contributed by atoms with E-state index in [2.05, 4.69) is 16.0 Å². The Bertz CT molecular complexity index is 403. The normalized spacial score (nSPS) is 22.9. The van der Waals surface area contributed by atoms with Crippen molar-refractivity contribution in [3.8, 4) is 0 Å². The summed E-state index contributed by atoms with van der Waals surface area (Å²) in [7, 11) is 0. The molecule has 120 valence electrons. The van der Waals surface area contributed by atoms with Crippen molar-refractivity contribution < 1.29 is 14.4 Å². The summed E-state index contributed by atoms with van der Waals surface area (Å²) >= 11 is 0. The number of rotatable bonds is 7. The molecule has 1 aliphatic heterocycles. The average molecular weight is 298 g/mol. The van der Waals surface area contributed by atoms with Crippen LogP contribution in [0.15, 0.2) is 0 Å². The summed E-state index contributed by atoms with van der Waals surface area (Å²) in [5.41, 5.74) is 4.39. The highest BCUT2D eigenvalue weighted by Gasteiger charge is 2.37. The van der Waals surface area contributed by atoms with Gasteiger partial charge in [-0.2, -0.15) is 0 Å². The standard InChI is InChI=1S/C14H26N4O3/c1-9(2)7-10(12(20)16-8-11(15)19)18-13(21)14(3)5-4-6-17-14/h9-10,17H,4-8H2,1-3H3,(H2,15,19)(H,16,20)(H,18,21)/t10-,14+/m0/s1. The monoisotopic (exact) mass is 298 g/mol. The maximum absolute atomic E-state index is 12.4. The van der Waals surface area contributed by atoms with Gasteiger partial charge in [-0.15, -0.1) is 0 Å². The zero-order valence-corrected chi connectivity index (χ0v) is 13.0.